The summed E-state index contributed by atoms with van der Waals surface area (Å²) in [6.45, 7) is 0. The van der Waals surface area contributed by atoms with Crippen LogP contribution in [0.4, 0.5) is 0 Å². The molecule has 0 aromatic heterocycles. The summed E-state index contributed by atoms with van der Waals surface area (Å²) in [5.74, 6) is 1.70. The van der Waals surface area contributed by atoms with Crippen LogP contribution in [0.3, 0.4) is 0 Å². The lowest BCUT2D eigenvalue weighted by Crippen LogP contribution is -2.19. The van der Waals surface area contributed by atoms with E-state index in [9.17, 15) is 0 Å². The summed E-state index contributed by atoms with van der Waals surface area (Å²) in [6.07, 6.45) is 0.579. The molecular formula is C8H11N5S3. The first-order chi connectivity index (χ1) is 7.72. The Morgan fingerprint density at radius 1 is 1.81 bits per heavy atom. The number of hydrogen-bond acceptors (Lipinski definition) is 6. The number of rotatable bonds is 5. The normalized spacial score (nSPS) is 19.2. The van der Waals surface area contributed by atoms with Gasteiger partial charge in [0.1, 0.15) is 0 Å². The van der Waals surface area contributed by atoms with Crippen LogP contribution in [0.15, 0.2) is 21.3 Å². The fraction of sp³-hybridized carbons (Fsp3) is 0.500. The van der Waals surface area contributed by atoms with Crippen molar-refractivity contribution >= 4 is 40.9 Å². The fourth-order valence-corrected chi connectivity index (χ4v) is 2.60. The van der Waals surface area contributed by atoms with E-state index in [-0.39, 0.29) is 10.6 Å². The zero-order valence-electron chi connectivity index (χ0n) is 8.42. The fourth-order valence-electron chi connectivity index (χ4n) is 0.914. The lowest BCUT2D eigenvalue weighted by molar-refractivity contribution is 0.761. The molecule has 1 aliphatic rings. The largest absolute Gasteiger partial charge is 0.373 e. The maximum absolute atomic E-state index is 8.37. The van der Waals surface area contributed by atoms with Crippen molar-refractivity contribution in [1.82, 2.24) is 5.32 Å². The van der Waals surface area contributed by atoms with Crippen LogP contribution < -0.4 is 11.1 Å². The van der Waals surface area contributed by atoms with E-state index in [0.29, 0.717) is 6.42 Å². The molecule has 0 aromatic carbocycles. The van der Waals surface area contributed by atoms with E-state index in [1.807, 2.05) is 5.41 Å². The van der Waals surface area contributed by atoms with Crippen LogP contribution in [-0.4, -0.2) is 22.1 Å². The van der Waals surface area contributed by atoms with Gasteiger partial charge < -0.3 is 11.1 Å². The van der Waals surface area contributed by atoms with Crippen molar-refractivity contribution in [3.05, 3.63) is 11.1 Å². The van der Waals surface area contributed by atoms with Gasteiger partial charge in [-0.3, -0.25) is 0 Å². The molecule has 0 saturated heterocycles. The molecule has 0 bridgehead atoms. The summed E-state index contributed by atoms with van der Waals surface area (Å²) in [5.41, 5.74) is 6.17. The third-order valence-corrected chi connectivity index (χ3v) is 3.51. The molecule has 1 heterocycles. The summed E-state index contributed by atoms with van der Waals surface area (Å²) in [4.78, 5) is 0. The molecule has 0 saturated carbocycles. The number of thioether (sulfide) groups is 2. The van der Waals surface area contributed by atoms with Crippen molar-refractivity contribution in [2.24, 2.45) is 16.0 Å². The van der Waals surface area contributed by atoms with Crippen LogP contribution >= 0.6 is 35.7 Å². The SMILES string of the molecule is N#CCCSCC1=CSC(N=NC(N)=S)N1. The number of hydrogen-bond donors (Lipinski definition) is 2. The van der Waals surface area contributed by atoms with Gasteiger partial charge in [-0.2, -0.15) is 17.0 Å². The van der Waals surface area contributed by atoms with Crippen LogP contribution in [0.1, 0.15) is 6.42 Å². The first-order valence-corrected chi connectivity index (χ1v) is 6.99. The number of azo groups is 1. The lowest BCUT2D eigenvalue weighted by atomic mass is 10.6. The third-order valence-electron chi connectivity index (χ3n) is 1.53. The van der Waals surface area contributed by atoms with Gasteiger partial charge in [-0.25, -0.2) is 0 Å². The molecule has 0 spiro atoms. The van der Waals surface area contributed by atoms with Crippen molar-refractivity contribution in [1.29, 1.82) is 5.26 Å². The van der Waals surface area contributed by atoms with E-state index in [1.54, 1.807) is 11.8 Å². The highest BCUT2D eigenvalue weighted by Crippen LogP contribution is 2.24. The first-order valence-electron chi connectivity index (χ1n) is 4.48. The Labute approximate surface area is 108 Å². The summed E-state index contributed by atoms with van der Waals surface area (Å²) in [7, 11) is 0. The van der Waals surface area contributed by atoms with Crippen molar-refractivity contribution in [3.8, 4) is 6.07 Å². The van der Waals surface area contributed by atoms with E-state index in [1.165, 1.54) is 11.8 Å². The van der Waals surface area contributed by atoms with E-state index in [2.05, 4.69) is 33.8 Å². The molecule has 0 amide bonds. The van der Waals surface area contributed by atoms with Gasteiger partial charge in [0.05, 0.1) is 6.07 Å². The molecule has 0 aliphatic carbocycles. The second-order valence-corrected chi connectivity index (χ2v) is 5.27. The zero-order valence-corrected chi connectivity index (χ0v) is 10.9. The molecule has 3 N–H and O–H groups in total. The molecule has 16 heavy (non-hydrogen) atoms. The van der Waals surface area contributed by atoms with Gasteiger partial charge in [0.15, 0.2) is 5.50 Å². The quantitative estimate of drug-likeness (QED) is 0.451. The average Bonchev–Trinajstić information content (AvgIpc) is 2.70. The van der Waals surface area contributed by atoms with Crippen LogP contribution in [0.25, 0.3) is 0 Å². The smallest absolute Gasteiger partial charge is 0.210 e. The van der Waals surface area contributed by atoms with Crippen molar-refractivity contribution in [3.63, 3.8) is 0 Å². The number of thiocarbonyl (C=S) groups is 1. The minimum atomic E-state index is -0.131. The molecule has 8 heteroatoms. The maximum Gasteiger partial charge on any atom is 0.210 e. The molecule has 1 atom stereocenters. The summed E-state index contributed by atoms with van der Waals surface area (Å²) >= 11 is 7.83. The Kier molecular flexibility index (Phi) is 6.22. The Morgan fingerprint density at radius 3 is 3.31 bits per heavy atom. The van der Waals surface area contributed by atoms with Crippen LogP contribution in [-0.2, 0) is 0 Å². The summed E-state index contributed by atoms with van der Waals surface area (Å²) < 4.78 is 0. The maximum atomic E-state index is 8.37. The Morgan fingerprint density at radius 2 is 2.62 bits per heavy atom. The molecule has 1 unspecified atom stereocenters. The molecular weight excluding hydrogens is 262 g/mol. The topological polar surface area (TPSA) is 86.6 Å². The Balaban J connectivity index is 2.19. The van der Waals surface area contributed by atoms with Gasteiger partial charge in [-0.15, -0.1) is 10.2 Å². The highest BCUT2D eigenvalue weighted by atomic mass is 32.2. The van der Waals surface area contributed by atoms with Gasteiger partial charge in [0.2, 0.25) is 5.11 Å². The molecule has 86 valence electrons. The molecule has 0 radical (unpaired) electrons. The van der Waals surface area contributed by atoms with E-state index in [0.717, 1.165) is 17.2 Å². The monoisotopic (exact) mass is 273 g/mol. The first kappa shape index (κ1) is 13.3. The number of nitrogens with zero attached hydrogens (tertiary/aromatic N) is 3. The van der Waals surface area contributed by atoms with Crippen LogP contribution in [0.5, 0.6) is 0 Å². The van der Waals surface area contributed by atoms with Gasteiger partial charge in [0.25, 0.3) is 0 Å². The van der Waals surface area contributed by atoms with Crippen molar-refractivity contribution in [2.45, 2.75) is 11.9 Å². The molecule has 1 aliphatic heterocycles. The predicted octanol–water partition coefficient (Wildman–Crippen LogP) is 1.79. The van der Waals surface area contributed by atoms with E-state index in [4.69, 9.17) is 11.0 Å². The van der Waals surface area contributed by atoms with E-state index >= 15 is 0 Å². The van der Waals surface area contributed by atoms with Crippen molar-refractivity contribution < 1.29 is 0 Å². The average molecular weight is 273 g/mol. The molecule has 0 fully saturated rings. The predicted molar refractivity (Wildman–Crippen MR) is 71.8 cm³/mol. The highest BCUT2D eigenvalue weighted by molar-refractivity contribution is 8.03. The van der Waals surface area contributed by atoms with Crippen molar-refractivity contribution in [2.75, 3.05) is 11.5 Å². The van der Waals surface area contributed by atoms with E-state index < -0.39 is 0 Å². The number of nitriles is 1. The lowest BCUT2D eigenvalue weighted by Gasteiger charge is -2.06. The third kappa shape index (κ3) is 5.34. The van der Waals surface area contributed by atoms with Gasteiger partial charge in [-0.1, -0.05) is 11.8 Å². The van der Waals surface area contributed by atoms with Crippen LogP contribution in [0, 0.1) is 11.3 Å². The van der Waals surface area contributed by atoms with Gasteiger partial charge in [0, 0.05) is 23.6 Å². The Bertz CT molecular complexity index is 346. The van der Waals surface area contributed by atoms with Crippen LogP contribution in [0.2, 0.25) is 0 Å². The zero-order chi connectivity index (χ0) is 11.8. The summed E-state index contributed by atoms with van der Waals surface area (Å²) in [5, 5.41) is 21.1. The Hall–Kier alpha value is -0.780. The molecule has 5 nitrogen and oxygen atoms in total. The highest BCUT2D eigenvalue weighted by Gasteiger charge is 2.15. The molecule has 0 aromatic rings. The number of nitrogens with two attached hydrogens (primary N) is 1. The molecule has 1 rings (SSSR count). The number of nitrogens with one attached hydrogen (secondary N) is 1. The van der Waals surface area contributed by atoms with Gasteiger partial charge in [-0.05, 0) is 17.6 Å². The minimum Gasteiger partial charge on any atom is -0.373 e. The second-order valence-electron chi connectivity index (χ2n) is 2.79. The minimum absolute atomic E-state index is 0.0410. The van der Waals surface area contributed by atoms with Gasteiger partial charge >= 0.3 is 0 Å². The summed E-state index contributed by atoms with van der Waals surface area (Å²) in [6, 6.07) is 2.11. The standard InChI is InChI=1S/C8H11N5S3/c9-2-1-3-15-4-6-5-16-8(11-6)13-12-7(10)14/h5,8,11H,1,3-4H2,(H2,10,14). The second kappa shape index (κ2) is 7.49.